The first-order valence-electron chi connectivity index (χ1n) is 9.18. The largest absolute Gasteiger partial charge is 0.341 e. The van der Waals surface area contributed by atoms with Crippen LogP contribution in [0.15, 0.2) is 47.4 Å². The molecule has 1 aliphatic rings. The molecule has 0 spiro atoms. The van der Waals surface area contributed by atoms with Gasteiger partial charge in [0.05, 0.1) is 4.90 Å². The van der Waals surface area contributed by atoms with E-state index in [0.29, 0.717) is 13.1 Å². The summed E-state index contributed by atoms with van der Waals surface area (Å²) >= 11 is 0. The second-order valence-electron chi connectivity index (χ2n) is 7.24. The summed E-state index contributed by atoms with van der Waals surface area (Å²) in [5.74, 6) is -0.247. The zero-order chi connectivity index (χ0) is 18.7. The van der Waals surface area contributed by atoms with E-state index in [-0.39, 0.29) is 16.7 Å². The summed E-state index contributed by atoms with van der Waals surface area (Å²) in [6, 6.07) is 11.9. The highest BCUT2D eigenvalue weighted by Gasteiger charge is 2.32. The SMILES string of the molecule is CC(C)[C@H](NS(=O)(=O)c1ccc2ccccc2c1)C(=O)N1CCCCC1. The molecule has 140 valence electrons. The van der Waals surface area contributed by atoms with Gasteiger partial charge in [0.1, 0.15) is 6.04 Å². The van der Waals surface area contributed by atoms with Crippen LogP contribution in [0.5, 0.6) is 0 Å². The molecule has 1 heterocycles. The average molecular weight is 375 g/mol. The van der Waals surface area contributed by atoms with Crippen molar-refractivity contribution in [2.75, 3.05) is 13.1 Å². The lowest BCUT2D eigenvalue weighted by Gasteiger charge is -2.32. The van der Waals surface area contributed by atoms with Gasteiger partial charge in [0.15, 0.2) is 0 Å². The first-order chi connectivity index (χ1) is 12.4. The van der Waals surface area contributed by atoms with E-state index < -0.39 is 16.1 Å². The number of rotatable bonds is 5. The second-order valence-corrected chi connectivity index (χ2v) is 8.95. The Balaban J connectivity index is 1.85. The number of amides is 1. The van der Waals surface area contributed by atoms with Crippen LogP contribution in [0.3, 0.4) is 0 Å². The van der Waals surface area contributed by atoms with Gasteiger partial charge < -0.3 is 4.90 Å². The normalized spacial score (nSPS) is 16.8. The van der Waals surface area contributed by atoms with Crippen molar-refractivity contribution >= 4 is 26.7 Å². The molecule has 2 aromatic rings. The molecule has 0 unspecified atom stereocenters. The van der Waals surface area contributed by atoms with E-state index >= 15 is 0 Å². The molecule has 5 nitrogen and oxygen atoms in total. The van der Waals surface area contributed by atoms with Crippen LogP contribution >= 0.6 is 0 Å². The van der Waals surface area contributed by atoms with E-state index in [4.69, 9.17) is 0 Å². The van der Waals surface area contributed by atoms with Gasteiger partial charge in [0.2, 0.25) is 15.9 Å². The van der Waals surface area contributed by atoms with Gasteiger partial charge in [0.25, 0.3) is 0 Å². The van der Waals surface area contributed by atoms with Crippen molar-refractivity contribution in [2.24, 2.45) is 5.92 Å². The topological polar surface area (TPSA) is 66.5 Å². The predicted octanol–water partition coefficient (Wildman–Crippen LogP) is 3.16. The summed E-state index contributed by atoms with van der Waals surface area (Å²) in [5, 5.41) is 1.84. The third-order valence-electron chi connectivity index (χ3n) is 4.91. The lowest BCUT2D eigenvalue weighted by atomic mass is 10.0. The Morgan fingerprint density at radius 2 is 1.65 bits per heavy atom. The molecule has 0 aliphatic carbocycles. The number of piperidine rings is 1. The van der Waals surface area contributed by atoms with E-state index in [9.17, 15) is 13.2 Å². The Bertz CT molecular complexity index is 887. The Kier molecular flexibility index (Phi) is 5.63. The van der Waals surface area contributed by atoms with Crippen LogP contribution < -0.4 is 4.72 Å². The van der Waals surface area contributed by atoms with Crippen molar-refractivity contribution in [2.45, 2.75) is 44.0 Å². The first-order valence-corrected chi connectivity index (χ1v) is 10.7. The van der Waals surface area contributed by atoms with E-state index in [0.717, 1.165) is 30.0 Å². The van der Waals surface area contributed by atoms with Crippen molar-refractivity contribution in [3.63, 3.8) is 0 Å². The lowest BCUT2D eigenvalue weighted by molar-refractivity contribution is -0.134. The number of benzene rings is 2. The van der Waals surface area contributed by atoms with Crippen molar-refractivity contribution < 1.29 is 13.2 Å². The highest BCUT2D eigenvalue weighted by atomic mass is 32.2. The van der Waals surface area contributed by atoms with Gasteiger partial charge in [0, 0.05) is 13.1 Å². The third kappa shape index (κ3) is 4.07. The summed E-state index contributed by atoms with van der Waals surface area (Å²) in [5.41, 5.74) is 0. The third-order valence-corrected chi connectivity index (χ3v) is 6.35. The number of nitrogens with one attached hydrogen (secondary N) is 1. The number of nitrogens with zero attached hydrogens (tertiary/aromatic N) is 1. The van der Waals surface area contributed by atoms with Crippen molar-refractivity contribution in [1.82, 2.24) is 9.62 Å². The minimum atomic E-state index is -3.78. The van der Waals surface area contributed by atoms with Crippen LogP contribution in [0.25, 0.3) is 10.8 Å². The fraction of sp³-hybridized carbons (Fsp3) is 0.450. The average Bonchev–Trinajstić information content (AvgIpc) is 2.65. The predicted molar refractivity (Wildman–Crippen MR) is 103 cm³/mol. The van der Waals surface area contributed by atoms with Crippen LogP contribution in [0, 0.1) is 5.92 Å². The summed E-state index contributed by atoms with van der Waals surface area (Å²) < 4.78 is 28.4. The number of hydrogen-bond donors (Lipinski definition) is 1. The van der Waals surface area contributed by atoms with Crippen molar-refractivity contribution in [1.29, 1.82) is 0 Å². The van der Waals surface area contributed by atoms with E-state index in [2.05, 4.69) is 4.72 Å². The number of hydrogen-bond acceptors (Lipinski definition) is 3. The molecule has 3 rings (SSSR count). The molecule has 0 bridgehead atoms. The molecule has 0 saturated carbocycles. The van der Waals surface area contributed by atoms with E-state index in [1.165, 1.54) is 0 Å². The molecule has 2 aromatic carbocycles. The summed E-state index contributed by atoms with van der Waals surface area (Å²) in [7, 11) is -3.78. The number of likely N-dealkylation sites (tertiary alicyclic amines) is 1. The minimum absolute atomic E-state index is 0.121. The number of carbonyl (C=O) groups excluding carboxylic acids is 1. The number of carbonyl (C=O) groups is 1. The quantitative estimate of drug-likeness (QED) is 0.874. The van der Waals surface area contributed by atoms with Crippen LogP contribution in [0.2, 0.25) is 0 Å². The highest BCUT2D eigenvalue weighted by Crippen LogP contribution is 2.21. The van der Waals surface area contributed by atoms with Gasteiger partial charge >= 0.3 is 0 Å². The first kappa shape index (κ1) is 18.9. The zero-order valence-electron chi connectivity index (χ0n) is 15.3. The van der Waals surface area contributed by atoms with Crippen LogP contribution in [-0.4, -0.2) is 38.4 Å². The highest BCUT2D eigenvalue weighted by molar-refractivity contribution is 7.89. The van der Waals surface area contributed by atoms with Crippen molar-refractivity contribution in [3.8, 4) is 0 Å². The van der Waals surface area contributed by atoms with Gasteiger partial charge in [-0.05, 0) is 48.1 Å². The molecule has 1 fully saturated rings. The van der Waals surface area contributed by atoms with Gasteiger partial charge in [-0.2, -0.15) is 4.72 Å². The maximum Gasteiger partial charge on any atom is 0.241 e. The van der Waals surface area contributed by atoms with Gasteiger partial charge in [-0.3, -0.25) is 4.79 Å². The molecular weight excluding hydrogens is 348 g/mol. The summed E-state index contributed by atoms with van der Waals surface area (Å²) in [4.78, 5) is 14.8. The van der Waals surface area contributed by atoms with E-state index in [1.54, 1.807) is 23.1 Å². The van der Waals surface area contributed by atoms with Crippen LogP contribution in [0.4, 0.5) is 0 Å². The van der Waals surface area contributed by atoms with Crippen LogP contribution in [0.1, 0.15) is 33.1 Å². The fourth-order valence-electron chi connectivity index (χ4n) is 3.35. The summed E-state index contributed by atoms with van der Waals surface area (Å²) in [6.07, 6.45) is 3.08. The standard InChI is InChI=1S/C20H26N2O3S/c1-15(2)19(20(23)22-12-6-3-7-13-22)21-26(24,25)18-11-10-16-8-4-5-9-17(16)14-18/h4-5,8-11,14-15,19,21H,3,6-7,12-13H2,1-2H3/t19-/m0/s1. The number of sulfonamides is 1. The molecule has 0 radical (unpaired) electrons. The molecule has 0 aromatic heterocycles. The van der Waals surface area contributed by atoms with Crippen molar-refractivity contribution in [3.05, 3.63) is 42.5 Å². The van der Waals surface area contributed by atoms with Gasteiger partial charge in [-0.25, -0.2) is 8.42 Å². The molecule has 26 heavy (non-hydrogen) atoms. The van der Waals surface area contributed by atoms with Crippen LogP contribution in [-0.2, 0) is 14.8 Å². The summed E-state index contributed by atoms with van der Waals surface area (Å²) in [6.45, 7) is 5.16. The fourth-order valence-corrected chi connectivity index (χ4v) is 4.73. The molecule has 1 aliphatic heterocycles. The molecule has 1 amide bonds. The lowest BCUT2D eigenvalue weighted by Crippen LogP contribution is -2.52. The Morgan fingerprint density at radius 1 is 1.00 bits per heavy atom. The molecule has 1 N–H and O–H groups in total. The number of fused-ring (bicyclic) bond motifs is 1. The Hall–Kier alpha value is -1.92. The smallest absolute Gasteiger partial charge is 0.241 e. The zero-order valence-corrected chi connectivity index (χ0v) is 16.1. The maximum absolute atomic E-state index is 12.9. The van der Waals surface area contributed by atoms with E-state index in [1.807, 2.05) is 38.1 Å². The Labute approximate surface area is 155 Å². The van der Waals surface area contributed by atoms with Gasteiger partial charge in [-0.1, -0.05) is 44.2 Å². The maximum atomic E-state index is 12.9. The second kappa shape index (κ2) is 7.76. The minimum Gasteiger partial charge on any atom is -0.341 e. The molecular formula is C20H26N2O3S. The molecule has 6 heteroatoms. The monoisotopic (exact) mass is 374 g/mol. The Morgan fingerprint density at radius 3 is 2.31 bits per heavy atom. The van der Waals surface area contributed by atoms with Gasteiger partial charge in [-0.15, -0.1) is 0 Å². The molecule has 1 saturated heterocycles. The molecule has 1 atom stereocenters.